The van der Waals surface area contributed by atoms with E-state index in [0.29, 0.717) is 25.3 Å². The van der Waals surface area contributed by atoms with Crippen molar-refractivity contribution < 1.29 is 9.59 Å². The zero-order chi connectivity index (χ0) is 18.7. The monoisotopic (exact) mass is 351 g/mol. The molecule has 0 radical (unpaired) electrons. The number of carbonyl (C=O) groups excluding carboxylic acids is 2. The molecule has 1 aromatic heterocycles. The molecule has 1 aliphatic heterocycles. The van der Waals surface area contributed by atoms with Gasteiger partial charge in [0.2, 0.25) is 11.8 Å². The first kappa shape index (κ1) is 18.1. The van der Waals surface area contributed by atoms with E-state index in [0.717, 1.165) is 28.8 Å². The van der Waals surface area contributed by atoms with Crippen molar-refractivity contribution in [2.45, 2.75) is 39.7 Å². The molecular weight excluding hydrogens is 326 g/mol. The van der Waals surface area contributed by atoms with Crippen LogP contribution in [0.5, 0.6) is 0 Å². The summed E-state index contributed by atoms with van der Waals surface area (Å²) in [6.07, 6.45) is 5.46. The number of fused-ring (bicyclic) bond motifs is 1. The summed E-state index contributed by atoms with van der Waals surface area (Å²) in [6, 6.07) is 8.21. The first-order chi connectivity index (χ1) is 12.4. The average Bonchev–Trinajstić information content (AvgIpc) is 2.62. The maximum Gasteiger partial charge on any atom is 0.227 e. The van der Waals surface area contributed by atoms with Crippen molar-refractivity contribution in [2.24, 2.45) is 5.92 Å². The molecule has 0 fully saturated rings. The third-order valence-electron chi connectivity index (χ3n) is 4.63. The molecule has 0 unspecified atom stereocenters. The molecule has 2 aromatic rings. The minimum absolute atomic E-state index is 0.0619. The Kier molecular flexibility index (Phi) is 5.35. The second-order valence-corrected chi connectivity index (χ2v) is 7.25. The van der Waals surface area contributed by atoms with Crippen molar-refractivity contribution >= 4 is 17.5 Å². The van der Waals surface area contributed by atoms with Gasteiger partial charge in [-0.05, 0) is 47.2 Å². The molecule has 0 saturated heterocycles. The fraction of sp³-hybridized carbons (Fsp3) is 0.381. The SMILES string of the molecule is CC(C)CC(=O)NCc1cncc(-c2ccc3c(c2)CCC(=O)N3C)c1. The van der Waals surface area contributed by atoms with Crippen LogP contribution in [0.15, 0.2) is 36.7 Å². The number of carbonyl (C=O) groups is 2. The van der Waals surface area contributed by atoms with E-state index in [9.17, 15) is 9.59 Å². The molecule has 26 heavy (non-hydrogen) atoms. The van der Waals surface area contributed by atoms with Gasteiger partial charge in [0.15, 0.2) is 0 Å². The van der Waals surface area contributed by atoms with Gasteiger partial charge in [0.1, 0.15) is 0 Å². The summed E-state index contributed by atoms with van der Waals surface area (Å²) >= 11 is 0. The van der Waals surface area contributed by atoms with Crippen LogP contribution < -0.4 is 10.2 Å². The number of hydrogen-bond donors (Lipinski definition) is 1. The van der Waals surface area contributed by atoms with Gasteiger partial charge in [-0.1, -0.05) is 19.9 Å². The highest BCUT2D eigenvalue weighted by Crippen LogP contribution is 2.31. The first-order valence-electron chi connectivity index (χ1n) is 9.04. The number of benzene rings is 1. The minimum atomic E-state index is 0.0619. The highest BCUT2D eigenvalue weighted by atomic mass is 16.2. The summed E-state index contributed by atoms with van der Waals surface area (Å²) < 4.78 is 0. The standard InChI is InChI=1S/C21H25N3O2/c1-14(2)8-20(25)23-12-15-9-18(13-22-11-15)16-4-6-19-17(10-16)5-7-21(26)24(19)3/h4,6,9-11,13-14H,5,7-8,12H2,1-3H3,(H,23,25). The zero-order valence-corrected chi connectivity index (χ0v) is 15.6. The number of rotatable bonds is 5. The van der Waals surface area contributed by atoms with Crippen molar-refractivity contribution in [2.75, 3.05) is 11.9 Å². The number of nitrogens with zero attached hydrogens (tertiary/aromatic N) is 2. The number of amides is 2. The lowest BCUT2D eigenvalue weighted by Crippen LogP contribution is -2.30. The Morgan fingerprint density at radius 3 is 2.77 bits per heavy atom. The second-order valence-electron chi connectivity index (χ2n) is 7.25. The summed E-state index contributed by atoms with van der Waals surface area (Å²) in [5, 5.41) is 2.95. The molecule has 2 amide bonds. The molecule has 0 spiro atoms. The lowest BCUT2D eigenvalue weighted by Gasteiger charge is -2.26. The number of nitrogens with one attached hydrogen (secondary N) is 1. The van der Waals surface area contributed by atoms with Crippen LogP contribution >= 0.6 is 0 Å². The fourth-order valence-electron chi connectivity index (χ4n) is 3.22. The van der Waals surface area contributed by atoms with Gasteiger partial charge >= 0.3 is 0 Å². The molecule has 5 nitrogen and oxygen atoms in total. The highest BCUT2D eigenvalue weighted by Gasteiger charge is 2.21. The quantitative estimate of drug-likeness (QED) is 0.899. The normalized spacial score (nSPS) is 13.7. The lowest BCUT2D eigenvalue weighted by atomic mass is 9.96. The number of pyridine rings is 1. The van der Waals surface area contributed by atoms with Crippen LogP contribution in [0, 0.1) is 5.92 Å². The van der Waals surface area contributed by atoms with Gasteiger partial charge in [-0.15, -0.1) is 0 Å². The van der Waals surface area contributed by atoms with E-state index < -0.39 is 0 Å². The summed E-state index contributed by atoms with van der Waals surface area (Å²) in [5.41, 5.74) is 5.23. The van der Waals surface area contributed by atoms with Crippen LogP contribution in [-0.2, 0) is 22.6 Å². The Balaban J connectivity index is 1.76. The van der Waals surface area contributed by atoms with Gasteiger partial charge in [0.05, 0.1) is 0 Å². The molecule has 0 saturated carbocycles. The number of aromatic nitrogens is 1. The van der Waals surface area contributed by atoms with Crippen molar-refractivity contribution in [1.29, 1.82) is 0 Å². The van der Waals surface area contributed by atoms with Crippen LogP contribution in [0.4, 0.5) is 5.69 Å². The molecule has 3 rings (SSSR count). The Labute approximate surface area is 154 Å². The fourth-order valence-corrected chi connectivity index (χ4v) is 3.22. The third kappa shape index (κ3) is 4.10. The molecular formula is C21H25N3O2. The Bertz CT molecular complexity index is 830. The van der Waals surface area contributed by atoms with E-state index in [4.69, 9.17) is 0 Å². The predicted molar refractivity (Wildman–Crippen MR) is 103 cm³/mol. The molecule has 0 bridgehead atoms. The third-order valence-corrected chi connectivity index (χ3v) is 4.63. The molecule has 1 aromatic carbocycles. The highest BCUT2D eigenvalue weighted by molar-refractivity contribution is 5.96. The van der Waals surface area contributed by atoms with Gasteiger partial charge in [-0.2, -0.15) is 0 Å². The summed E-state index contributed by atoms with van der Waals surface area (Å²) in [6.45, 7) is 4.54. The predicted octanol–water partition coefficient (Wildman–Crippen LogP) is 3.32. The van der Waals surface area contributed by atoms with Crippen molar-refractivity contribution in [3.63, 3.8) is 0 Å². The molecule has 136 valence electrons. The van der Waals surface area contributed by atoms with E-state index in [1.54, 1.807) is 11.1 Å². The van der Waals surface area contributed by atoms with E-state index in [2.05, 4.69) is 22.4 Å². The molecule has 2 heterocycles. The van der Waals surface area contributed by atoms with Crippen molar-refractivity contribution in [1.82, 2.24) is 10.3 Å². The first-order valence-corrected chi connectivity index (χ1v) is 9.04. The smallest absolute Gasteiger partial charge is 0.227 e. The Morgan fingerprint density at radius 2 is 2.00 bits per heavy atom. The molecule has 1 aliphatic rings. The van der Waals surface area contributed by atoms with E-state index >= 15 is 0 Å². The van der Waals surface area contributed by atoms with Crippen LogP contribution in [0.25, 0.3) is 11.1 Å². The van der Waals surface area contributed by atoms with Crippen molar-refractivity contribution in [3.05, 3.63) is 47.8 Å². The molecule has 0 aliphatic carbocycles. The van der Waals surface area contributed by atoms with Crippen molar-refractivity contribution in [3.8, 4) is 11.1 Å². The molecule has 0 atom stereocenters. The topological polar surface area (TPSA) is 62.3 Å². The second kappa shape index (κ2) is 7.68. The molecule has 1 N–H and O–H groups in total. The van der Waals surface area contributed by atoms with Gasteiger partial charge < -0.3 is 10.2 Å². The maximum atomic E-state index is 11.8. The van der Waals surface area contributed by atoms with E-state index in [1.165, 1.54) is 5.56 Å². The Morgan fingerprint density at radius 1 is 1.19 bits per heavy atom. The van der Waals surface area contributed by atoms with Gasteiger partial charge in [0, 0.05) is 50.1 Å². The number of anilines is 1. The summed E-state index contributed by atoms with van der Waals surface area (Å²) in [5.74, 6) is 0.568. The van der Waals surface area contributed by atoms with Crippen LogP contribution in [0.3, 0.4) is 0 Å². The summed E-state index contributed by atoms with van der Waals surface area (Å²) in [7, 11) is 1.82. The minimum Gasteiger partial charge on any atom is -0.352 e. The van der Waals surface area contributed by atoms with Gasteiger partial charge in [-0.25, -0.2) is 0 Å². The van der Waals surface area contributed by atoms with Crippen LogP contribution in [0.2, 0.25) is 0 Å². The Hall–Kier alpha value is -2.69. The van der Waals surface area contributed by atoms with Gasteiger partial charge in [0.25, 0.3) is 0 Å². The van der Waals surface area contributed by atoms with Crippen LogP contribution in [-0.4, -0.2) is 23.8 Å². The lowest BCUT2D eigenvalue weighted by molar-refractivity contribution is -0.122. The maximum absolute atomic E-state index is 11.8. The van der Waals surface area contributed by atoms with E-state index in [1.807, 2.05) is 39.2 Å². The summed E-state index contributed by atoms with van der Waals surface area (Å²) in [4.78, 5) is 29.7. The van der Waals surface area contributed by atoms with Gasteiger partial charge in [-0.3, -0.25) is 14.6 Å². The number of aryl methyl sites for hydroxylation is 1. The largest absolute Gasteiger partial charge is 0.352 e. The number of hydrogen-bond acceptors (Lipinski definition) is 3. The average molecular weight is 351 g/mol. The van der Waals surface area contributed by atoms with Crippen LogP contribution in [0.1, 0.15) is 37.8 Å². The molecule has 5 heteroatoms. The van der Waals surface area contributed by atoms with E-state index in [-0.39, 0.29) is 11.8 Å². The zero-order valence-electron chi connectivity index (χ0n) is 15.6.